The molecule has 1 aromatic carbocycles. The highest BCUT2D eigenvalue weighted by Gasteiger charge is 2.02. The molecule has 0 spiro atoms. The number of nitrogens with two attached hydrogens (primary N) is 1. The highest BCUT2D eigenvalue weighted by atomic mass is 32.2. The summed E-state index contributed by atoms with van der Waals surface area (Å²) >= 11 is 1.55. The molecule has 1 aromatic rings. The molecule has 0 heterocycles. The lowest BCUT2D eigenvalue weighted by atomic mass is 10.2. The van der Waals surface area contributed by atoms with Gasteiger partial charge in [0, 0.05) is 23.4 Å². The molecule has 0 atom stereocenters. The summed E-state index contributed by atoms with van der Waals surface area (Å²) in [6.07, 6.45) is 1.26. The van der Waals surface area contributed by atoms with Crippen molar-refractivity contribution >= 4 is 21.6 Å². The number of hydrogen-bond acceptors (Lipinski definition) is 4. The minimum Gasteiger partial charge on any atom is -0.326 e. The standard InChI is InChI=1S/C10H15NO2S2/c1-15(12,13)7-6-14-10-4-2-9(8-11)3-5-10/h2-5H,6-8,11H2,1H3. The van der Waals surface area contributed by atoms with Gasteiger partial charge >= 0.3 is 0 Å². The van der Waals surface area contributed by atoms with Crippen molar-refractivity contribution in [2.45, 2.75) is 11.4 Å². The first-order chi connectivity index (χ1) is 7.01. The van der Waals surface area contributed by atoms with Gasteiger partial charge in [-0.3, -0.25) is 0 Å². The summed E-state index contributed by atoms with van der Waals surface area (Å²) in [7, 11) is -2.85. The Balaban J connectivity index is 2.45. The van der Waals surface area contributed by atoms with Crippen molar-refractivity contribution in [1.29, 1.82) is 0 Å². The van der Waals surface area contributed by atoms with Gasteiger partial charge in [0.15, 0.2) is 0 Å². The Bertz CT molecular complexity index is 398. The maximum absolute atomic E-state index is 10.9. The highest BCUT2D eigenvalue weighted by molar-refractivity contribution is 8.00. The molecule has 5 heteroatoms. The quantitative estimate of drug-likeness (QED) is 0.794. The van der Waals surface area contributed by atoms with E-state index < -0.39 is 9.84 Å². The third-order valence-electron chi connectivity index (χ3n) is 1.88. The van der Waals surface area contributed by atoms with Crippen LogP contribution in [0.25, 0.3) is 0 Å². The van der Waals surface area contributed by atoms with Gasteiger partial charge in [-0.1, -0.05) is 12.1 Å². The lowest BCUT2D eigenvalue weighted by Gasteiger charge is -2.02. The van der Waals surface area contributed by atoms with E-state index in [0.717, 1.165) is 10.5 Å². The largest absolute Gasteiger partial charge is 0.326 e. The molecule has 0 aliphatic heterocycles. The van der Waals surface area contributed by atoms with Crippen molar-refractivity contribution in [2.75, 3.05) is 17.8 Å². The topological polar surface area (TPSA) is 60.2 Å². The van der Waals surface area contributed by atoms with Crippen molar-refractivity contribution in [3.8, 4) is 0 Å². The van der Waals surface area contributed by atoms with E-state index in [9.17, 15) is 8.42 Å². The molecule has 84 valence electrons. The monoisotopic (exact) mass is 245 g/mol. The van der Waals surface area contributed by atoms with E-state index in [1.165, 1.54) is 6.26 Å². The van der Waals surface area contributed by atoms with Gasteiger partial charge in [-0.15, -0.1) is 11.8 Å². The molecule has 0 unspecified atom stereocenters. The zero-order valence-electron chi connectivity index (χ0n) is 8.64. The maximum Gasteiger partial charge on any atom is 0.148 e. The molecule has 0 radical (unpaired) electrons. The van der Waals surface area contributed by atoms with Crippen LogP contribution in [0.1, 0.15) is 5.56 Å². The van der Waals surface area contributed by atoms with Crippen LogP contribution in [0.15, 0.2) is 29.2 Å². The Labute approximate surface area is 95.0 Å². The second-order valence-electron chi connectivity index (χ2n) is 3.33. The van der Waals surface area contributed by atoms with E-state index in [0.29, 0.717) is 12.3 Å². The van der Waals surface area contributed by atoms with Gasteiger partial charge < -0.3 is 5.73 Å². The van der Waals surface area contributed by atoms with Crippen molar-refractivity contribution in [1.82, 2.24) is 0 Å². The number of hydrogen-bond donors (Lipinski definition) is 1. The first-order valence-electron chi connectivity index (χ1n) is 4.61. The summed E-state index contributed by atoms with van der Waals surface area (Å²) in [6.45, 7) is 0.536. The summed E-state index contributed by atoms with van der Waals surface area (Å²) in [5.41, 5.74) is 6.56. The van der Waals surface area contributed by atoms with E-state index in [-0.39, 0.29) is 5.75 Å². The number of benzene rings is 1. The van der Waals surface area contributed by atoms with Gasteiger partial charge in [-0.2, -0.15) is 0 Å². The summed E-state index contributed by atoms with van der Waals surface area (Å²) in [6, 6.07) is 7.86. The van der Waals surface area contributed by atoms with Crippen LogP contribution in [0.2, 0.25) is 0 Å². The first-order valence-corrected chi connectivity index (χ1v) is 7.65. The number of thioether (sulfide) groups is 1. The van der Waals surface area contributed by atoms with Gasteiger partial charge in [-0.25, -0.2) is 8.42 Å². The zero-order valence-corrected chi connectivity index (χ0v) is 10.3. The van der Waals surface area contributed by atoms with E-state index in [2.05, 4.69) is 0 Å². The number of rotatable bonds is 5. The second kappa shape index (κ2) is 5.53. The van der Waals surface area contributed by atoms with Crippen LogP contribution in [0.3, 0.4) is 0 Å². The summed E-state index contributed by atoms with van der Waals surface area (Å²) in [4.78, 5) is 1.08. The normalized spacial score (nSPS) is 11.6. The molecular formula is C10H15NO2S2. The zero-order chi connectivity index (χ0) is 11.3. The van der Waals surface area contributed by atoms with Gasteiger partial charge in [-0.05, 0) is 17.7 Å². The first kappa shape index (κ1) is 12.5. The van der Waals surface area contributed by atoms with Crippen LogP contribution in [-0.4, -0.2) is 26.2 Å². The lowest BCUT2D eigenvalue weighted by Crippen LogP contribution is -2.04. The fourth-order valence-corrected chi connectivity index (χ4v) is 3.14. The number of sulfone groups is 1. The fraction of sp³-hybridized carbons (Fsp3) is 0.400. The minimum absolute atomic E-state index is 0.219. The fourth-order valence-electron chi connectivity index (χ4n) is 1.03. The molecule has 0 aromatic heterocycles. The molecule has 0 aliphatic rings. The average Bonchev–Trinajstić information content (AvgIpc) is 2.17. The third-order valence-corrected chi connectivity index (χ3v) is 4.10. The van der Waals surface area contributed by atoms with E-state index >= 15 is 0 Å². The molecule has 3 nitrogen and oxygen atoms in total. The second-order valence-corrected chi connectivity index (χ2v) is 6.75. The highest BCUT2D eigenvalue weighted by Crippen LogP contribution is 2.18. The van der Waals surface area contributed by atoms with Crippen LogP contribution < -0.4 is 5.73 Å². The van der Waals surface area contributed by atoms with Gasteiger partial charge in [0.1, 0.15) is 9.84 Å². The van der Waals surface area contributed by atoms with Crippen molar-refractivity contribution in [3.05, 3.63) is 29.8 Å². The Morgan fingerprint density at radius 3 is 2.33 bits per heavy atom. The molecule has 1 rings (SSSR count). The Hall–Kier alpha value is -0.520. The van der Waals surface area contributed by atoms with E-state index in [1.807, 2.05) is 24.3 Å². The van der Waals surface area contributed by atoms with Crippen LogP contribution in [0, 0.1) is 0 Å². The van der Waals surface area contributed by atoms with Crippen LogP contribution >= 0.6 is 11.8 Å². The molecule has 0 amide bonds. The third kappa shape index (κ3) is 5.20. The van der Waals surface area contributed by atoms with E-state index in [4.69, 9.17) is 5.73 Å². The molecule has 0 saturated carbocycles. The smallest absolute Gasteiger partial charge is 0.148 e. The minimum atomic E-state index is -2.85. The molecule has 0 aliphatic carbocycles. The van der Waals surface area contributed by atoms with Crippen LogP contribution in [0.4, 0.5) is 0 Å². The Morgan fingerprint density at radius 1 is 1.27 bits per heavy atom. The predicted molar refractivity (Wildman–Crippen MR) is 64.8 cm³/mol. The van der Waals surface area contributed by atoms with Crippen LogP contribution in [-0.2, 0) is 16.4 Å². The Kier molecular flexibility index (Phi) is 4.63. The van der Waals surface area contributed by atoms with Gasteiger partial charge in [0.2, 0.25) is 0 Å². The van der Waals surface area contributed by atoms with Crippen LogP contribution in [0.5, 0.6) is 0 Å². The SMILES string of the molecule is CS(=O)(=O)CCSc1ccc(CN)cc1. The van der Waals surface area contributed by atoms with Gasteiger partial charge in [0.25, 0.3) is 0 Å². The molecule has 2 N–H and O–H groups in total. The Morgan fingerprint density at radius 2 is 1.87 bits per heavy atom. The molecule has 0 bridgehead atoms. The van der Waals surface area contributed by atoms with Crippen molar-refractivity contribution in [3.63, 3.8) is 0 Å². The molecule has 0 fully saturated rings. The van der Waals surface area contributed by atoms with E-state index in [1.54, 1.807) is 11.8 Å². The maximum atomic E-state index is 10.9. The predicted octanol–water partition coefficient (Wildman–Crippen LogP) is 1.28. The lowest BCUT2D eigenvalue weighted by molar-refractivity contribution is 0.603. The molecule has 0 saturated heterocycles. The molecule has 15 heavy (non-hydrogen) atoms. The van der Waals surface area contributed by atoms with Crippen molar-refractivity contribution in [2.24, 2.45) is 5.73 Å². The summed E-state index contributed by atoms with van der Waals surface area (Å²) < 4.78 is 21.8. The summed E-state index contributed by atoms with van der Waals surface area (Å²) in [5, 5.41) is 0. The average molecular weight is 245 g/mol. The van der Waals surface area contributed by atoms with Crippen molar-refractivity contribution < 1.29 is 8.42 Å². The summed E-state index contributed by atoms with van der Waals surface area (Å²) in [5.74, 6) is 0.817. The van der Waals surface area contributed by atoms with Gasteiger partial charge in [0.05, 0.1) is 5.75 Å². The molecular weight excluding hydrogens is 230 g/mol.